The quantitative estimate of drug-likeness (QED) is 0.279. The number of anilines is 1. The van der Waals surface area contributed by atoms with Crippen LogP contribution >= 0.6 is 0 Å². The lowest BCUT2D eigenvalue weighted by Crippen LogP contribution is -2.64. The van der Waals surface area contributed by atoms with Crippen LogP contribution in [0.4, 0.5) is 5.69 Å². The maximum absolute atomic E-state index is 13.1. The smallest absolute Gasteiger partial charge is 0.330 e. The Morgan fingerprint density at radius 2 is 1.64 bits per heavy atom. The zero-order chi connectivity index (χ0) is 24.2. The summed E-state index contributed by atoms with van der Waals surface area (Å²) < 4.78 is 0. The predicted octanol–water partition coefficient (Wildman–Crippen LogP) is 2.78. The van der Waals surface area contributed by atoms with Crippen LogP contribution in [0.1, 0.15) is 38.3 Å². The minimum Gasteiger partial charge on any atom is -0.479 e. The number of aliphatic carboxylic acids is 1. The van der Waals surface area contributed by atoms with Crippen molar-refractivity contribution in [3.05, 3.63) is 65.7 Å². The van der Waals surface area contributed by atoms with E-state index < -0.39 is 34.7 Å². The number of nitrogens with zero attached hydrogens (tertiary/aromatic N) is 1. The van der Waals surface area contributed by atoms with Crippen molar-refractivity contribution in [2.24, 2.45) is 28.2 Å². The molecule has 0 spiro atoms. The predicted molar refractivity (Wildman–Crippen MR) is 127 cm³/mol. The van der Waals surface area contributed by atoms with E-state index in [4.69, 9.17) is 5.84 Å². The molecule has 33 heavy (non-hydrogen) atoms. The number of benzene rings is 2. The Kier molecular flexibility index (Phi) is 6.86. The van der Waals surface area contributed by atoms with Gasteiger partial charge in [0.15, 0.2) is 0 Å². The van der Waals surface area contributed by atoms with E-state index in [1.54, 1.807) is 45.0 Å². The van der Waals surface area contributed by atoms with E-state index in [9.17, 15) is 19.5 Å². The van der Waals surface area contributed by atoms with Gasteiger partial charge in [-0.2, -0.15) is 5.10 Å². The van der Waals surface area contributed by atoms with Crippen LogP contribution in [-0.4, -0.2) is 34.6 Å². The van der Waals surface area contributed by atoms with Crippen molar-refractivity contribution >= 4 is 29.7 Å². The summed E-state index contributed by atoms with van der Waals surface area (Å²) in [5.41, 5.74) is -0.0898. The van der Waals surface area contributed by atoms with Crippen molar-refractivity contribution in [3.63, 3.8) is 0 Å². The van der Waals surface area contributed by atoms with E-state index in [0.717, 1.165) is 11.1 Å². The molecule has 8 heteroatoms. The van der Waals surface area contributed by atoms with Crippen LogP contribution in [0, 0.1) is 17.3 Å². The molecule has 1 aliphatic carbocycles. The highest BCUT2D eigenvalue weighted by Crippen LogP contribution is 2.42. The second kappa shape index (κ2) is 9.44. The molecule has 3 rings (SSSR count). The second-order valence-electron chi connectivity index (χ2n) is 9.45. The number of carbonyl (C=O) groups excluding carboxylic acids is 2. The molecule has 0 aromatic heterocycles. The summed E-state index contributed by atoms with van der Waals surface area (Å²) in [5, 5.41) is 19.3. The van der Waals surface area contributed by atoms with Gasteiger partial charge in [0.1, 0.15) is 5.54 Å². The minimum absolute atomic E-state index is 0.139. The van der Waals surface area contributed by atoms with Crippen LogP contribution in [0.2, 0.25) is 0 Å². The molecular formula is C25H30N4O4. The Balaban J connectivity index is 1.70. The van der Waals surface area contributed by atoms with E-state index >= 15 is 0 Å². The van der Waals surface area contributed by atoms with Crippen LogP contribution in [0.15, 0.2) is 59.7 Å². The largest absolute Gasteiger partial charge is 0.479 e. The molecule has 0 bridgehead atoms. The fourth-order valence-corrected chi connectivity index (χ4v) is 3.90. The molecule has 2 aromatic rings. The van der Waals surface area contributed by atoms with Gasteiger partial charge in [-0.05, 0) is 35.1 Å². The molecule has 1 aliphatic rings. The second-order valence-corrected chi connectivity index (χ2v) is 9.45. The standard InChI is InChI=1S/C25H30N4O4/c1-24(2,3)25(23(32)33,14-16-7-5-4-6-8-16)29-22(31)20-13-19(20)21(30)28-18-11-9-17(10-12-18)15-27-26/h4-12,15,19-20H,13-14,26H2,1-3H3,(H,28,30)(H,29,31)(H,32,33)/t19?,20?,25-/m0/s1. The molecule has 3 atom stereocenters. The molecule has 0 heterocycles. The first kappa shape index (κ1) is 24.0. The molecule has 0 radical (unpaired) electrons. The summed E-state index contributed by atoms with van der Waals surface area (Å²) in [6, 6.07) is 16.2. The summed E-state index contributed by atoms with van der Waals surface area (Å²) in [7, 11) is 0. The van der Waals surface area contributed by atoms with Crippen LogP contribution in [0.25, 0.3) is 0 Å². The third-order valence-electron chi connectivity index (χ3n) is 6.16. The lowest BCUT2D eigenvalue weighted by atomic mass is 9.70. The van der Waals surface area contributed by atoms with Gasteiger partial charge in [0.2, 0.25) is 11.8 Å². The highest BCUT2D eigenvalue weighted by molar-refractivity contribution is 6.00. The molecule has 8 nitrogen and oxygen atoms in total. The fourth-order valence-electron chi connectivity index (χ4n) is 3.90. The average Bonchev–Trinajstić information content (AvgIpc) is 3.56. The number of carbonyl (C=O) groups is 3. The zero-order valence-corrected chi connectivity index (χ0v) is 19.0. The van der Waals surface area contributed by atoms with Crippen LogP contribution in [0.5, 0.6) is 0 Å². The number of amides is 2. The molecule has 0 aliphatic heterocycles. The number of carboxylic acid groups (broad SMARTS) is 1. The summed E-state index contributed by atoms with van der Waals surface area (Å²) in [6.45, 7) is 5.38. The zero-order valence-electron chi connectivity index (χ0n) is 19.0. The number of nitrogens with one attached hydrogen (secondary N) is 2. The number of nitrogens with two attached hydrogens (primary N) is 1. The lowest BCUT2D eigenvalue weighted by molar-refractivity contribution is -0.153. The van der Waals surface area contributed by atoms with Crippen LogP contribution < -0.4 is 16.5 Å². The minimum atomic E-state index is -1.52. The van der Waals surface area contributed by atoms with E-state index in [1.165, 1.54) is 6.21 Å². The molecule has 0 saturated heterocycles. The maximum atomic E-state index is 13.1. The van der Waals surface area contributed by atoms with Crippen molar-refractivity contribution in [2.45, 2.75) is 39.2 Å². The van der Waals surface area contributed by atoms with E-state index in [1.807, 2.05) is 30.3 Å². The number of hydrogen-bond acceptors (Lipinski definition) is 5. The van der Waals surface area contributed by atoms with Crippen molar-refractivity contribution in [1.29, 1.82) is 0 Å². The van der Waals surface area contributed by atoms with Gasteiger partial charge in [-0.15, -0.1) is 0 Å². The van der Waals surface area contributed by atoms with Crippen molar-refractivity contribution in [2.75, 3.05) is 5.32 Å². The third-order valence-corrected chi connectivity index (χ3v) is 6.16. The third kappa shape index (κ3) is 5.39. The Labute approximate surface area is 193 Å². The molecule has 1 fully saturated rings. The van der Waals surface area contributed by atoms with E-state index in [-0.39, 0.29) is 12.3 Å². The highest BCUT2D eigenvalue weighted by Gasteiger charge is 2.54. The van der Waals surface area contributed by atoms with E-state index in [0.29, 0.717) is 12.1 Å². The number of hydrazone groups is 1. The first-order valence-electron chi connectivity index (χ1n) is 10.8. The van der Waals surface area contributed by atoms with Crippen LogP contribution in [0.3, 0.4) is 0 Å². The first-order chi connectivity index (χ1) is 15.6. The lowest BCUT2D eigenvalue weighted by Gasteiger charge is -2.42. The monoisotopic (exact) mass is 450 g/mol. The van der Waals surface area contributed by atoms with Gasteiger partial charge in [0, 0.05) is 12.1 Å². The molecule has 2 aromatic carbocycles. The van der Waals surface area contributed by atoms with Gasteiger partial charge in [0.05, 0.1) is 18.1 Å². The number of carboxylic acids is 1. The Morgan fingerprint density at radius 1 is 1.03 bits per heavy atom. The number of rotatable bonds is 8. The summed E-state index contributed by atoms with van der Waals surface area (Å²) >= 11 is 0. The summed E-state index contributed by atoms with van der Waals surface area (Å²) in [5.74, 6) is 2.27. The van der Waals surface area contributed by atoms with Crippen molar-refractivity contribution in [1.82, 2.24) is 5.32 Å². The summed E-state index contributed by atoms with van der Waals surface area (Å²) in [6.07, 6.45) is 2.01. The van der Waals surface area contributed by atoms with Crippen LogP contribution in [-0.2, 0) is 20.8 Å². The molecule has 5 N–H and O–H groups in total. The molecule has 2 unspecified atom stereocenters. The van der Waals surface area contributed by atoms with Gasteiger partial charge in [-0.25, -0.2) is 4.79 Å². The van der Waals surface area contributed by atoms with Gasteiger partial charge < -0.3 is 21.6 Å². The van der Waals surface area contributed by atoms with Gasteiger partial charge in [0.25, 0.3) is 0 Å². The SMILES string of the molecule is CC(C)(C)[C@@](Cc1ccccc1)(NC(=O)C1CC1C(=O)Nc1ccc(C=NN)cc1)C(=O)O. The maximum Gasteiger partial charge on any atom is 0.330 e. The van der Waals surface area contributed by atoms with Gasteiger partial charge >= 0.3 is 5.97 Å². The Hall–Kier alpha value is -3.68. The molecular weight excluding hydrogens is 420 g/mol. The summed E-state index contributed by atoms with van der Waals surface area (Å²) in [4.78, 5) is 38.2. The van der Waals surface area contributed by atoms with E-state index in [2.05, 4.69) is 15.7 Å². The molecule has 1 saturated carbocycles. The van der Waals surface area contributed by atoms with Crippen molar-refractivity contribution < 1.29 is 19.5 Å². The molecule has 2 amide bonds. The fraction of sp³-hybridized carbons (Fsp3) is 0.360. The van der Waals surface area contributed by atoms with Gasteiger partial charge in [-0.1, -0.05) is 63.2 Å². The first-order valence-corrected chi connectivity index (χ1v) is 10.8. The van der Waals surface area contributed by atoms with Crippen molar-refractivity contribution in [3.8, 4) is 0 Å². The Morgan fingerprint density at radius 3 is 2.18 bits per heavy atom. The average molecular weight is 451 g/mol. The van der Waals surface area contributed by atoms with Gasteiger partial charge in [-0.3, -0.25) is 9.59 Å². The highest BCUT2D eigenvalue weighted by atomic mass is 16.4. The number of hydrogen-bond donors (Lipinski definition) is 4. The topological polar surface area (TPSA) is 134 Å². The normalized spacial score (nSPS) is 19.5. The molecule has 174 valence electrons. The Bertz CT molecular complexity index is 1040.